The van der Waals surface area contributed by atoms with E-state index in [0.717, 1.165) is 12.0 Å². The van der Waals surface area contributed by atoms with Gasteiger partial charge in [0.25, 0.3) is 0 Å². The molecule has 2 aromatic rings. The molecule has 0 radical (unpaired) electrons. The quantitative estimate of drug-likeness (QED) is 0.757. The molecule has 7 heteroatoms. The summed E-state index contributed by atoms with van der Waals surface area (Å²) in [7, 11) is 0. The minimum atomic E-state index is -0.111. The number of nitrogens with one attached hydrogen (secondary N) is 2. The third-order valence-electron chi connectivity index (χ3n) is 3.66. The zero-order valence-corrected chi connectivity index (χ0v) is 16.1. The fourth-order valence-electron chi connectivity index (χ4n) is 2.22. The highest BCUT2D eigenvalue weighted by molar-refractivity contribution is 7.13. The lowest BCUT2D eigenvalue weighted by atomic mass is 10.0. The van der Waals surface area contributed by atoms with Crippen LogP contribution in [0, 0.1) is 5.92 Å². The summed E-state index contributed by atoms with van der Waals surface area (Å²) in [5, 5.41) is 8.74. The predicted molar refractivity (Wildman–Crippen MR) is 102 cm³/mol. The zero-order chi connectivity index (χ0) is 18.4. The van der Waals surface area contributed by atoms with Gasteiger partial charge in [-0.1, -0.05) is 44.5 Å². The Kier molecular flexibility index (Phi) is 6.96. The Balaban J connectivity index is 1.94. The number of thiazole rings is 1. The van der Waals surface area contributed by atoms with E-state index in [2.05, 4.69) is 15.6 Å². The molecular formula is C18H22ClN3O2S. The molecule has 1 aromatic carbocycles. The summed E-state index contributed by atoms with van der Waals surface area (Å²) in [4.78, 5) is 28.3. The number of hydrogen-bond acceptors (Lipinski definition) is 4. The van der Waals surface area contributed by atoms with Crippen molar-refractivity contribution in [3.8, 4) is 0 Å². The summed E-state index contributed by atoms with van der Waals surface area (Å²) >= 11 is 7.23. The van der Waals surface area contributed by atoms with Gasteiger partial charge in [-0.2, -0.15) is 0 Å². The molecule has 0 aliphatic carbocycles. The van der Waals surface area contributed by atoms with E-state index in [1.165, 1.54) is 11.3 Å². The van der Waals surface area contributed by atoms with Gasteiger partial charge in [-0.25, -0.2) is 4.98 Å². The molecule has 0 aliphatic heterocycles. The minimum absolute atomic E-state index is 0.0662. The molecule has 0 unspecified atom stereocenters. The zero-order valence-electron chi connectivity index (χ0n) is 14.5. The van der Waals surface area contributed by atoms with E-state index in [9.17, 15) is 9.59 Å². The van der Waals surface area contributed by atoms with Gasteiger partial charge in [0, 0.05) is 16.3 Å². The molecule has 0 saturated carbocycles. The fourth-order valence-corrected chi connectivity index (χ4v) is 3.06. The van der Waals surface area contributed by atoms with Crippen molar-refractivity contribution >= 4 is 39.9 Å². The van der Waals surface area contributed by atoms with Crippen LogP contribution in [0.2, 0.25) is 5.02 Å². The maximum atomic E-state index is 12.3. The van der Waals surface area contributed by atoms with E-state index in [1.807, 2.05) is 45.0 Å². The van der Waals surface area contributed by atoms with Crippen LogP contribution < -0.4 is 10.6 Å². The van der Waals surface area contributed by atoms with Gasteiger partial charge in [0.15, 0.2) is 5.13 Å². The minimum Gasteiger partial charge on any atom is -0.349 e. The Hall–Kier alpha value is -1.92. The van der Waals surface area contributed by atoms with Crippen molar-refractivity contribution < 1.29 is 9.59 Å². The van der Waals surface area contributed by atoms with E-state index < -0.39 is 0 Å². The lowest BCUT2D eigenvalue weighted by molar-refractivity contribution is -0.121. The molecule has 2 N–H and O–H groups in total. The lowest BCUT2D eigenvalue weighted by Crippen LogP contribution is -2.29. The average molecular weight is 380 g/mol. The second-order valence-electron chi connectivity index (χ2n) is 6.04. The van der Waals surface area contributed by atoms with E-state index >= 15 is 0 Å². The third-order valence-corrected chi connectivity index (χ3v) is 4.72. The first kappa shape index (κ1) is 19.4. The maximum Gasteiger partial charge on any atom is 0.228 e. The number of carbonyl (C=O) groups excluding carboxylic acids is 2. The summed E-state index contributed by atoms with van der Waals surface area (Å²) < 4.78 is 0. The Labute approximate surface area is 156 Å². The molecule has 0 saturated heterocycles. The topological polar surface area (TPSA) is 71.1 Å². The van der Waals surface area contributed by atoms with Crippen LogP contribution in [0.25, 0.3) is 0 Å². The van der Waals surface area contributed by atoms with Crippen LogP contribution in [0.5, 0.6) is 0 Å². The number of nitrogens with zero attached hydrogens (tertiary/aromatic N) is 1. The van der Waals surface area contributed by atoms with Crippen molar-refractivity contribution in [2.75, 3.05) is 5.32 Å². The van der Waals surface area contributed by atoms with E-state index in [0.29, 0.717) is 15.8 Å². The Morgan fingerprint density at radius 1 is 1.24 bits per heavy atom. The van der Waals surface area contributed by atoms with E-state index in [1.54, 1.807) is 5.38 Å². The Bertz CT molecular complexity index is 728. The third kappa shape index (κ3) is 5.83. The average Bonchev–Trinajstić information content (AvgIpc) is 3.00. The highest BCUT2D eigenvalue weighted by Gasteiger charge is 2.15. The lowest BCUT2D eigenvalue weighted by Gasteiger charge is -2.17. The number of anilines is 1. The van der Waals surface area contributed by atoms with Gasteiger partial charge >= 0.3 is 0 Å². The summed E-state index contributed by atoms with van der Waals surface area (Å²) in [5.41, 5.74) is 1.66. The van der Waals surface area contributed by atoms with Crippen molar-refractivity contribution in [1.82, 2.24) is 10.3 Å². The number of aromatic nitrogens is 1. The highest BCUT2D eigenvalue weighted by atomic mass is 35.5. The summed E-state index contributed by atoms with van der Waals surface area (Å²) in [5.74, 6) is -0.298. The Morgan fingerprint density at radius 3 is 2.52 bits per heavy atom. The molecule has 1 heterocycles. The maximum absolute atomic E-state index is 12.3. The molecule has 2 amide bonds. The first-order chi connectivity index (χ1) is 11.9. The monoisotopic (exact) mass is 379 g/mol. The first-order valence-corrected chi connectivity index (χ1v) is 9.45. The molecule has 0 bridgehead atoms. The fraction of sp³-hybridized carbons (Fsp3) is 0.389. The number of rotatable bonds is 7. The van der Waals surface area contributed by atoms with Crippen molar-refractivity contribution in [2.45, 2.75) is 39.7 Å². The van der Waals surface area contributed by atoms with Gasteiger partial charge in [0.2, 0.25) is 11.8 Å². The van der Waals surface area contributed by atoms with Crippen LogP contribution in [0.3, 0.4) is 0 Å². The van der Waals surface area contributed by atoms with Gasteiger partial charge in [-0.15, -0.1) is 11.3 Å². The Morgan fingerprint density at radius 2 is 1.92 bits per heavy atom. The second kappa shape index (κ2) is 8.97. The molecule has 2 rings (SSSR count). The van der Waals surface area contributed by atoms with Crippen LogP contribution in [0.15, 0.2) is 29.6 Å². The van der Waals surface area contributed by atoms with Gasteiger partial charge in [-0.3, -0.25) is 9.59 Å². The molecule has 0 spiro atoms. The smallest absolute Gasteiger partial charge is 0.228 e. The van der Waals surface area contributed by atoms with Crippen molar-refractivity contribution in [1.29, 1.82) is 0 Å². The largest absolute Gasteiger partial charge is 0.349 e. The van der Waals surface area contributed by atoms with Crippen molar-refractivity contribution in [3.05, 3.63) is 45.9 Å². The number of hydrogen-bond donors (Lipinski definition) is 2. The standard InChI is InChI=1S/C18H22ClN3O2S/c1-4-15(12-5-7-13(19)8-6-12)21-16(23)9-14-10-25-18(20-14)22-17(24)11(2)3/h5-8,10-11,15H,4,9H2,1-3H3,(H,21,23)(H,20,22,24)/t15-/m0/s1. The number of halogens is 1. The summed E-state index contributed by atoms with van der Waals surface area (Å²) in [6, 6.07) is 7.40. The first-order valence-electron chi connectivity index (χ1n) is 8.19. The molecular weight excluding hydrogens is 358 g/mol. The SMILES string of the molecule is CC[C@H](NC(=O)Cc1csc(NC(=O)C(C)C)n1)c1ccc(Cl)cc1. The number of carbonyl (C=O) groups is 2. The molecule has 0 fully saturated rings. The van der Waals surface area contributed by atoms with E-state index in [-0.39, 0.29) is 30.2 Å². The predicted octanol–water partition coefficient (Wildman–Crippen LogP) is 4.20. The normalized spacial score (nSPS) is 12.0. The molecule has 134 valence electrons. The van der Waals surface area contributed by atoms with Crippen molar-refractivity contribution in [2.24, 2.45) is 5.92 Å². The summed E-state index contributed by atoms with van der Waals surface area (Å²) in [6.45, 7) is 5.65. The molecule has 25 heavy (non-hydrogen) atoms. The van der Waals surface area contributed by atoms with Gasteiger partial charge in [0.1, 0.15) is 0 Å². The molecule has 5 nitrogen and oxygen atoms in total. The van der Waals surface area contributed by atoms with Crippen LogP contribution in [-0.4, -0.2) is 16.8 Å². The van der Waals surface area contributed by atoms with Crippen LogP contribution in [0.1, 0.15) is 44.5 Å². The highest BCUT2D eigenvalue weighted by Crippen LogP contribution is 2.20. The molecule has 1 aromatic heterocycles. The van der Waals surface area contributed by atoms with Gasteiger partial charge < -0.3 is 10.6 Å². The van der Waals surface area contributed by atoms with Crippen LogP contribution in [0.4, 0.5) is 5.13 Å². The van der Waals surface area contributed by atoms with E-state index in [4.69, 9.17) is 11.6 Å². The number of amides is 2. The van der Waals surface area contributed by atoms with Gasteiger partial charge in [-0.05, 0) is 24.1 Å². The second-order valence-corrected chi connectivity index (χ2v) is 7.34. The molecule has 0 aliphatic rings. The van der Waals surface area contributed by atoms with Crippen molar-refractivity contribution in [3.63, 3.8) is 0 Å². The van der Waals surface area contributed by atoms with Crippen LogP contribution in [-0.2, 0) is 16.0 Å². The molecule has 1 atom stereocenters. The number of benzene rings is 1. The van der Waals surface area contributed by atoms with Crippen LogP contribution >= 0.6 is 22.9 Å². The van der Waals surface area contributed by atoms with Gasteiger partial charge in [0.05, 0.1) is 18.2 Å². The summed E-state index contributed by atoms with van der Waals surface area (Å²) in [6.07, 6.45) is 0.957.